The molecule has 2 aliphatic rings. The Balaban J connectivity index is 1.78. The first-order valence-corrected chi connectivity index (χ1v) is 18.0. The molecule has 15 nitrogen and oxygen atoms in total. The van der Waals surface area contributed by atoms with Crippen molar-refractivity contribution < 1.29 is 56.8 Å². The fourth-order valence-electron chi connectivity index (χ4n) is 6.54. The molecule has 2 N–H and O–H groups in total. The molecule has 2 aliphatic heterocycles. The topological polar surface area (TPSA) is 186 Å². The van der Waals surface area contributed by atoms with Gasteiger partial charge >= 0.3 is 35.8 Å². The smallest absolute Gasteiger partial charge is 0.416 e. The van der Waals surface area contributed by atoms with E-state index in [1.165, 1.54) is 84.0 Å². The molecular weight excluding hydrogens is 753 g/mol. The summed E-state index contributed by atoms with van der Waals surface area (Å²) < 4.78 is 62.3. The molecule has 1 saturated heterocycles. The zero-order valence-electron chi connectivity index (χ0n) is 32.7. The second-order valence-electron chi connectivity index (χ2n) is 15.8. The van der Waals surface area contributed by atoms with Gasteiger partial charge in [0.2, 0.25) is 5.88 Å². The van der Waals surface area contributed by atoms with Crippen molar-refractivity contribution >= 4 is 35.8 Å². The fourth-order valence-corrected chi connectivity index (χ4v) is 6.54. The average Bonchev–Trinajstić information content (AvgIpc) is 3.73. The van der Waals surface area contributed by atoms with E-state index in [9.17, 15) is 42.6 Å². The number of carboxylic acid groups (broad SMARTS) is 2. The fraction of sp³-hybridized carbons (Fsp3) is 0.462. The van der Waals surface area contributed by atoms with Gasteiger partial charge in [-0.05, 0) is 97.2 Å². The van der Waals surface area contributed by atoms with Crippen LogP contribution in [-0.4, -0.2) is 96.0 Å². The van der Waals surface area contributed by atoms with E-state index in [-0.39, 0.29) is 35.9 Å². The maximum Gasteiger partial charge on any atom is 0.416 e. The largest absolute Gasteiger partial charge is 0.479 e. The van der Waals surface area contributed by atoms with Gasteiger partial charge in [0.15, 0.2) is 5.84 Å². The molecule has 0 aliphatic carbocycles. The molecule has 1 unspecified atom stereocenters. The summed E-state index contributed by atoms with van der Waals surface area (Å²) >= 11 is 0. The van der Waals surface area contributed by atoms with Crippen LogP contribution >= 0.6 is 0 Å². The maximum absolute atomic E-state index is 14.6. The van der Waals surface area contributed by atoms with Crippen LogP contribution in [0.4, 0.5) is 13.2 Å². The van der Waals surface area contributed by atoms with Crippen molar-refractivity contribution in [1.82, 2.24) is 24.4 Å². The first-order chi connectivity index (χ1) is 26.5. The lowest BCUT2D eigenvalue weighted by atomic mass is 9.83. The Bertz CT molecular complexity index is 2100. The van der Waals surface area contributed by atoms with Crippen molar-refractivity contribution in [3.05, 3.63) is 77.5 Å². The van der Waals surface area contributed by atoms with Crippen LogP contribution in [0.15, 0.2) is 60.1 Å². The number of aliphatic carboxylic acids is 2. The number of nitrogens with zero attached hydrogens (tertiary/aromatic N) is 6. The molecular formula is C39H45F3N6O9. The minimum Gasteiger partial charge on any atom is -0.479 e. The molecule has 0 radical (unpaired) electrons. The number of benzene rings is 1. The monoisotopic (exact) mass is 798 g/mol. The Morgan fingerprint density at radius 2 is 1.61 bits per heavy atom. The van der Waals surface area contributed by atoms with Crippen molar-refractivity contribution in [3.63, 3.8) is 0 Å². The van der Waals surface area contributed by atoms with Gasteiger partial charge in [-0.25, -0.2) is 19.6 Å². The minimum absolute atomic E-state index is 0.0493. The number of pyridine rings is 1. The summed E-state index contributed by atoms with van der Waals surface area (Å²) in [5.74, 6) is -7.87. The second kappa shape index (κ2) is 15.5. The standard InChI is InChI=1S/C39H45F3N6O9/c1-22-20-46(21-43-22)27-17-15-23(44-30(27)55-8)16-18-28-45-47-19-11-13-25(24-12-9-10-14-26(24)39(40,41)42)31(47)48(28)38(33(51)52,57-35(54)37(5,6)7)29(32(49)50)56-34(53)36(2,3)4/h9-10,12,14-18,20-21,25,29,31H,11,13,19H2,1-8H3,(H,49,50)(H,51,52)/t25-,29+,31?,38-/m0/s1. The number of methoxy groups -OCH3 is 1. The number of esters is 2. The number of hydrogen-bond donors (Lipinski definition) is 2. The zero-order chi connectivity index (χ0) is 42.2. The lowest BCUT2D eigenvalue weighted by Gasteiger charge is -2.49. The summed E-state index contributed by atoms with van der Waals surface area (Å²) in [4.78, 5) is 64.1. The first-order valence-electron chi connectivity index (χ1n) is 18.0. The van der Waals surface area contributed by atoms with Crippen LogP contribution in [0.1, 0.15) is 82.8 Å². The number of aromatic nitrogens is 3. The van der Waals surface area contributed by atoms with Crippen molar-refractivity contribution in [1.29, 1.82) is 0 Å². The molecule has 57 heavy (non-hydrogen) atoms. The van der Waals surface area contributed by atoms with Gasteiger partial charge in [-0.1, -0.05) is 18.2 Å². The predicted molar refractivity (Wildman–Crippen MR) is 198 cm³/mol. The van der Waals surface area contributed by atoms with E-state index in [1.807, 2.05) is 0 Å². The second-order valence-corrected chi connectivity index (χ2v) is 15.8. The van der Waals surface area contributed by atoms with Crippen LogP contribution in [0.3, 0.4) is 0 Å². The Hall–Kier alpha value is -5.94. The number of carboxylic acids is 2. The molecule has 18 heteroatoms. The quantitative estimate of drug-likeness (QED) is 0.220. The molecule has 0 spiro atoms. The molecule has 5 rings (SSSR count). The lowest BCUT2D eigenvalue weighted by Crippen LogP contribution is -2.72. The van der Waals surface area contributed by atoms with E-state index >= 15 is 0 Å². The van der Waals surface area contributed by atoms with E-state index in [0.29, 0.717) is 12.1 Å². The molecule has 0 amide bonds. The maximum atomic E-state index is 14.6. The number of fused-ring (bicyclic) bond motifs is 1. The van der Waals surface area contributed by atoms with Gasteiger partial charge in [-0.15, -0.1) is 0 Å². The first kappa shape index (κ1) is 42.2. The van der Waals surface area contributed by atoms with E-state index in [0.717, 1.165) is 16.7 Å². The molecule has 3 aromatic rings. The predicted octanol–water partition coefficient (Wildman–Crippen LogP) is 5.86. The Morgan fingerprint density at radius 3 is 2.18 bits per heavy atom. The number of carbonyl (C=O) groups is 4. The number of piperidine rings is 1. The molecule has 4 heterocycles. The third-order valence-electron chi connectivity index (χ3n) is 9.37. The van der Waals surface area contributed by atoms with Crippen molar-refractivity contribution in [2.45, 2.75) is 91.4 Å². The van der Waals surface area contributed by atoms with Crippen LogP contribution in [-0.2, 0) is 34.8 Å². The van der Waals surface area contributed by atoms with Gasteiger partial charge < -0.3 is 29.0 Å². The van der Waals surface area contributed by atoms with Crippen LogP contribution in [0.25, 0.3) is 11.8 Å². The number of hydrogen-bond acceptors (Lipinski definition) is 12. The number of imidazole rings is 1. The van der Waals surface area contributed by atoms with Gasteiger partial charge in [0.25, 0.3) is 6.10 Å². The Labute approximate surface area is 326 Å². The number of hydrazone groups is 1. The summed E-state index contributed by atoms with van der Waals surface area (Å²) in [7, 11) is 1.40. The molecule has 1 aromatic carbocycles. The van der Waals surface area contributed by atoms with Crippen molar-refractivity contribution in [3.8, 4) is 11.6 Å². The number of alkyl halides is 3. The molecule has 1 fully saturated rings. The molecule has 2 aromatic heterocycles. The average molecular weight is 799 g/mol. The van der Waals surface area contributed by atoms with Crippen LogP contribution in [0.2, 0.25) is 0 Å². The Morgan fingerprint density at radius 1 is 0.947 bits per heavy atom. The number of ether oxygens (including phenoxy) is 3. The third kappa shape index (κ3) is 8.44. The summed E-state index contributed by atoms with van der Waals surface area (Å²) in [5, 5.41) is 28.0. The van der Waals surface area contributed by atoms with Gasteiger partial charge in [0.05, 0.1) is 41.2 Å². The number of carbonyl (C=O) groups excluding carboxylic acids is 2. The highest BCUT2D eigenvalue weighted by Crippen LogP contribution is 2.47. The highest BCUT2D eigenvalue weighted by atomic mass is 19.4. The number of aryl methyl sites for hydroxylation is 1. The summed E-state index contributed by atoms with van der Waals surface area (Å²) in [5.41, 5.74) is -6.04. The molecule has 306 valence electrons. The number of halogens is 3. The highest BCUT2D eigenvalue weighted by Gasteiger charge is 2.67. The highest BCUT2D eigenvalue weighted by molar-refractivity contribution is 6.03. The molecule has 0 bridgehead atoms. The lowest BCUT2D eigenvalue weighted by molar-refractivity contribution is -0.240. The molecule has 4 atom stereocenters. The van der Waals surface area contributed by atoms with Gasteiger partial charge in [0.1, 0.15) is 11.9 Å². The number of rotatable bonds is 11. The van der Waals surface area contributed by atoms with Crippen molar-refractivity contribution in [2.24, 2.45) is 15.9 Å². The summed E-state index contributed by atoms with van der Waals surface area (Å²) in [6.07, 6.45) is -2.82. The normalized spacial score (nSPS) is 19.0. The van der Waals surface area contributed by atoms with Crippen LogP contribution in [0.5, 0.6) is 5.88 Å². The number of amidine groups is 1. The van der Waals surface area contributed by atoms with Gasteiger partial charge in [-0.3, -0.25) is 19.5 Å². The van der Waals surface area contributed by atoms with Crippen LogP contribution in [0, 0.1) is 17.8 Å². The summed E-state index contributed by atoms with van der Waals surface area (Å²) in [6, 6.07) is 8.01. The SMILES string of the molecule is COc1nc(C=CC2=NN3CCC[C@@H](c4ccccc4C(F)(F)F)C3N2[C@@](OC(=O)C(C)(C)C)(C(=O)O)[C@H](OC(=O)C(C)(C)C)C(=O)O)ccc1-n1cnc(C)c1. The van der Waals surface area contributed by atoms with E-state index in [1.54, 1.807) is 36.1 Å². The van der Waals surface area contributed by atoms with Gasteiger partial charge in [-0.2, -0.15) is 18.3 Å². The van der Waals surface area contributed by atoms with Crippen LogP contribution < -0.4 is 4.74 Å². The van der Waals surface area contributed by atoms with E-state index in [2.05, 4.69) is 15.1 Å². The minimum atomic E-state index is -4.84. The Kier molecular flexibility index (Phi) is 11.5. The van der Waals surface area contributed by atoms with Crippen molar-refractivity contribution in [2.75, 3.05) is 13.7 Å². The third-order valence-corrected chi connectivity index (χ3v) is 9.37. The van der Waals surface area contributed by atoms with E-state index < -0.39 is 70.4 Å². The zero-order valence-corrected chi connectivity index (χ0v) is 32.7. The van der Waals surface area contributed by atoms with E-state index in [4.69, 9.17) is 14.2 Å². The molecule has 0 saturated carbocycles. The van der Waals surface area contributed by atoms with Gasteiger partial charge in [0, 0.05) is 18.7 Å². The summed E-state index contributed by atoms with van der Waals surface area (Å²) in [6.45, 7) is 10.3.